The number of aldehydes is 1. The van der Waals surface area contributed by atoms with Gasteiger partial charge in [0, 0.05) is 17.9 Å². The van der Waals surface area contributed by atoms with Crippen LogP contribution in [0.15, 0.2) is 30.3 Å². The van der Waals surface area contributed by atoms with Crippen LogP contribution < -0.4 is 0 Å². The highest BCUT2D eigenvalue weighted by Crippen LogP contribution is 1.99. The maximum Gasteiger partial charge on any atom is 0.121 e. The van der Waals surface area contributed by atoms with Gasteiger partial charge in [-0.15, -0.1) is 0 Å². The van der Waals surface area contributed by atoms with Gasteiger partial charge in [-0.3, -0.25) is 0 Å². The molecule has 1 heteroatoms. The first-order valence-electron chi connectivity index (χ1n) is 4.33. The highest BCUT2D eigenvalue weighted by Gasteiger charge is 1.93. The Morgan fingerprint density at radius 2 is 2.08 bits per heavy atom. The average Bonchev–Trinajstić information content (AvgIpc) is 2.17. The summed E-state index contributed by atoms with van der Waals surface area (Å²) in [4.78, 5) is 10.2. The van der Waals surface area contributed by atoms with Gasteiger partial charge in [0.25, 0.3) is 0 Å². The van der Waals surface area contributed by atoms with E-state index in [1.807, 2.05) is 37.3 Å². The fourth-order valence-corrected chi connectivity index (χ4v) is 0.931. The van der Waals surface area contributed by atoms with Crippen molar-refractivity contribution in [1.82, 2.24) is 0 Å². The third kappa shape index (κ3) is 3.57. The van der Waals surface area contributed by atoms with Crippen LogP contribution in [0.4, 0.5) is 0 Å². The van der Waals surface area contributed by atoms with Crippen LogP contribution in [0.5, 0.6) is 0 Å². The van der Waals surface area contributed by atoms with Crippen LogP contribution >= 0.6 is 0 Å². The summed E-state index contributed by atoms with van der Waals surface area (Å²) >= 11 is 0. The Kier molecular flexibility index (Phi) is 3.78. The molecule has 13 heavy (non-hydrogen) atoms. The molecule has 0 fully saturated rings. The maximum absolute atomic E-state index is 10.2. The molecule has 1 rings (SSSR count). The second-order valence-electron chi connectivity index (χ2n) is 2.94. The standard InChI is InChI=1S/C12H12O/c1-11(9-10-13)7-8-12-5-3-2-4-6-12/h2-6,10-11H,9H2,1H3/t11-/m0/s1. The second-order valence-corrected chi connectivity index (χ2v) is 2.94. The third-order valence-electron chi connectivity index (χ3n) is 1.69. The van der Waals surface area contributed by atoms with E-state index < -0.39 is 0 Å². The molecule has 0 bridgehead atoms. The molecule has 0 N–H and O–H groups in total. The topological polar surface area (TPSA) is 17.1 Å². The Labute approximate surface area is 78.8 Å². The molecule has 0 saturated heterocycles. The van der Waals surface area contributed by atoms with E-state index >= 15 is 0 Å². The van der Waals surface area contributed by atoms with Crippen LogP contribution in [0, 0.1) is 17.8 Å². The Bertz CT molecular complexity index is 316. The Morgan fingerprint density at radius 1 is 1.38 bits per heavy atom. The van der Waals surface area contributed by atoms with E-state index in [9.17, 15) is 4.79 Å². The molecule has 0 heterocycles. The minimum Gasteiger partial charge on any atom is -0.303 e. The van der Waals surface area contributed by atoms with E-state index in [0.29, 0.717) is 6.42 Å². The summed E-state index contributed by atoms with van der Waals surface area (Å²) in [6, 6.07) is 9.78. The smallest absolute Gasteiger partial charge is 0.121 e. The SMILES string of the molecule is C[C@@H](C#Cc1ccccc1)CC=O. The molecule has 0 unspecified atom stereocenters. The molecule has 0 aromatic heterocycles. The van der Waals surface area contributed by atoms with E-state index in [1.54, 1.807) is 0 Å². The highest BCUT2D eigenvalue weighted by atomic mass is 16.1. The predicted octanol–water partition coefficient (Wildman–Crippen LogP) is 2.26. The van der Waals surface area contributed by atoms with Crippen molar-refractivity contribution in [2.24, 2.45) is 5.92 Å². The summed E-state index contributed by atoms with van der Waals surface area (Å²) in [6.45, 7) is 1.95. The van der Waals surface area contributed by atoms with Gasteiger partial charge in [-0.05, 0) is 12.1 Å². The van der Waals surface area contributed by atoms with E-state index in [2.05, 4.69) is 11.8 Å². The number of hydrogen-bond acceptors (Lipinski definition) is 1. The average molecular weight is 172 g/mol. The number of hydrogen-bond donors (Lipinski definition) is 0. The maximum atomic E-state index is 10.2. The minimum atomic E-state index is 0.151. The molecule has 0 aliphatic heterocycles. The molecular formula is C12H12O. The zero-order valence-corrected chi connectivity index (χ0v) is 7.66. The molecule has 0 amide bonds. The van der Waals surface area contributed by atoms with Gasteiger partial charge in [0.05, 0.1) is 0 Å². The molecule has 1 aromatic rings. The van der Waals surface area contributed by atoms with Gasteiger partial charge in [0.1, 0.15) is 6.29 Å². The summed E-state index contributed by atoms with van der Waals surface area (Å²) in [7, 11) is 0. The van der Waals surface area contributed by atoms with Crippen LogP contribution in [-0.4, -0.2) is 6.29 Å². The molecule has 1 aromatic carbocycles. The van der Waals surface area contributed by atoms with E-state index in [1.165, 1.54) is 0 Å². The van der Waals surface area contributed by atoms with Crippen LogP contribution in [0.3, 0.4) is 0 Å². The Hall–Kier alpha value is -1.55. The fourth-order valence-electron chi connectivity index (χ4n) is 0.931. The monoisotopic (exact) mass is 172 g/mol. The molecular weight excluding hydrogens is 160 g/mol. The summed E-state index contributed by atoms with van der Waals surface area (Å²) in [6.07, 6.45) is 1.42. The van der Waals surface area contributed by atoms with Crippen molar-refractivity contribution < 1.29 is 4.79 Å². The number of carbonyl (C=O) groups excluding carboxylic acids is 1. The van der Waals surface area contributed by atoms with Crippen LogP contribution in [0.25, 0.3) is 0 Å². The summed E-state index contributed by atoms with van der Waals surface area (Å²) < 4.78 is 0. The molecule has 0 saturated carbocycles. The van der Waals surface area contributed by atoms with E-state index in [4.69, 9.17) is 0 Å². The Balaban J connectivity index is 2.62. The van der Waals surface area contributed by atoms with Gasteiger partial charge >= 0.3 is 0 Å². The van der Waals surface area contributed by atoms with E-state index in [0.717, 1.165) is 11.8 Å². The second kappa shape index (κ2) is 5.16. The predicted molar refractivity (Wildman–Crippen MR) is 53.2 cm³/mol. The lowest BCUT2D eigenvalue weighted by Gasteiger charge is -1.93. The quantitative estimate of drug-likeness (QED) is 0.494. The van der Waals surface area contributed by atoms with Gasteiger partial charge in [0.15, 0.2) is 0 Å². The van der Waals surface area contributed by atoms with Gasteiger partial charge < -0.3 is 4.79 Å². The van der Waals surface area contributed by atoms with Crippen LogP contribution in [-0.2, 0) is 4.79 Å². The van der Waals surface area contributed by atoms with Crippen molar-refractivity contribution in [2.75, 3.05) is 0 Å². The zero-order chi connectivity index (χ0) is 9.52. The summed E-state index contributed by atoms with van der Waals surface area (Å²) in [5.74, 6) is 6.19. The molecule has 0 spiro atoms. The van der Waals surface area contributed by atoms with Crippen molar-refractivity contribution >= 4 is 6.29 Å². The van der Waals surface area contributed by atoms with Gasteiger partial charge in [-0.25, -0.2) is 0 Å². The zero-order valence-electron chi connectivity index (χ0n) is 7.66. The van der Waals surface area contributed by atoms with Crippen LogP contribution in [0.2, 0.25) is 0 Å². The largest absolute Gasteiger partial charge is 0.303 e. The third-order valence-corrected chi connectivity index (χ3v) is 1.69. The van der Waals surface area contributed by atoms with Crippen molar-refractivity contribution in [1.29, 1.82) is 0 Å². The number of benzene rings is 1. The van der Waals surface area contributed by atoms with Crippen molar-refractivity contribution in [2.45, 2.75) is 13.3 Å². The Morgan fingerprint density at radius 3 is 2.69 bits per heavy atom. The minimum absolute atomic E-state index is 0.151. The lowest BCUT2D eigenvalue weighted by Crippen LogP contribution is -1.90. The van der Waals surface area contributed by atoms with Crippen molar-refractivity contribution in [3.8, 4) is 11.8 Å². The fraction of sp³-hybridized carbons (Fsp3) is 0.250. The van der Waals surface area contributed by atoms with Crippen molar-refractivity contribution in [3.05, 3.63) is 35.9 Å². The highest BCUT2D eigenvalue weighted by molar-refractivity contribution is 5.50. The lowest BCUT2D eigenvalue weighted by molar-refractivity contribution is -0.108. The van der Waals surface area contributed by atoms with Gasteiger partial charge in [0.2, 0.25) is 0 Å². The van der Waals surface area contributed by atoms with Gasteiger partial charge in [-0.2, -0.15) is 0 Å². The molecule has 0 aliphatic rings. The lowest BCUT2D eigenvalue weighted by atomic mass is 10.1. The molecule has 0 aliphatic carbocycles. The summed E-state index contributed by atoms with van der Waals surface area (Å²) in [5, 5.41) is 0. The van der Waals surface area contributed by atoms with Crippen molar-refractivity contribution in [3.63, 3.8) is 0 Å². The molecule has 1 atom stereocenters. The first kappa shape index (κ1) is 9.54. The van der Waals surface area contributed by atoms with Gasteiger partial charge in [-0.1, -0.05) is 37.0 Å². The summed E-state index contributed by atoms with van der Waals surface area (Å²) in [5.41, 5.74) is 1.00. The van der Waals surface area contributed by atoms with E-state index in [-0.39, 0.29) is 5.92 Å². The van der Waals surface area contributed by atoms with Crippen LogP contribution in [0.1, 0.15) is 18.9 Å². The first-order chi connectivity index (χ1) is 6.33. The number of rotatable bonds is 2. The molecule has 1 nitrogen and oxygen atoms in total. The first-order valence-corrected chi connectivity index (χ1v) is 4.33. The number of carbonyl (C=O) groups is 1. The normalized spacial score (nSPS) is 11.2. The molecule has 0 radical (unpaired) electrons. The molecule has 66 valence electrons.